The molecule has 2 saturated heterocycles. The van der Waals surface area contributed by atoms with Crippen molar-refractivity contribution in [1.82, 2.24) is 9.80 Å². The maximum Gasteiger partial charge on any atom is 0.417 e. The van der Waals surface area contributed by atoms with Gasteiger partial charge in [0.2, 0.25) is 5.91 Å². The number of carbonyl (C=O) groups excluding carboxylic acids is 3. The van der Waals surface area contributed by atoms with Crippen LogP contribution in [0.1, 0.15) is 12.0 Å². The SMILES string of the molecule is COc1ccccc1CC(=O)N1CCC(N2C(=O)COC2=O)C1. The van der Waals surface area contributed by atoms with Crippen LogP contribution in [-0.4, -0.2) is 60.6 Å². The van der Waals surface area contributed by atoms with E-state index in [0.29, 0.717) is 25.3 Å². The monoisotopic (exact) mass is 318 g/mol. The number of ether oxygens (including phenoxy) is 2. The van der Waals surface area contributed by atoms with Gasteiger partial charge in [-0.1, -0.05) is 18.2 Å². The molecule has 2 heterocycles. The minimum absolute atomic E-state index is 0.0444. The van der Waals surface area contributed by atoms with E-state index < -0.39 is 6.09 Å². The second kappa shape index (κ2) is 6.28. The fourth-order valence-electron chi connectivity index (χ4n) is 3.02. The molecule has 2 aliphatic rings. The molecule has 0 radical (unpaired) electrons. The van der Waals surface area contributed by atoms with Gasteiger partial charge in [0.15, 0.2) is 6.61 Å². The van der Waals surface area contributed by atoms with Crippen LogP contribution in [0, 0.1) is 0 Å². The number of rotatable bonds is 4. The predicted octanol–water partition coefficient (Wildman–Crippen LogP) is 0.817. The van der Waals surface area contributed by atoms with E-state index >= 15 is 0 Å². The first-order valence-corrected chi connectivity index (χ1v) is 7.48. The molecule has 0 bridgehead atoms. The Labute approximate surface area is 133 Å². The molecule has 1 aromatic rings. The van der Waals surface area contributed by atoms with E-state index in [4.69, 9.17) is 9.47 Å². The van der Waals surface area contributed by atoms with Crippen LogP contribution < -0.4 is 4.74 Å². The maximum atomic E-state index is 12.5. The number of hydrogen-bond donors (Lipinski definition) is 0. The molecule has 0 N–H and O–H groups in total. The van der Waals surface area contributed by atoms with Crippen LogP contribution in [0.15, 0.2) is 24.3 Å². The number of amides is 3. The lowest BCUT2D eigenvalue weighted by atomic mass is 10.1. The molecule has 1 aromatic carbocycles. The molecule has 2 aliphatic heterocycles. The Morgan fingerprint density at radius 3 is 2.83 bits per heavy atom. The summed E-state index contributed by atoms with van der Waals surface area (Å²) >= 11 is 0. The van der Waals surface area contributed by atoms with E-state index in [1.165, 1.54) is 0 Å². The average molecular weight is 318 g/mol. The van der Waals surface area contributed by atoms with Crippen LogP contribution >= 0.6 is 0 Å². The fraction of sp³-hybridized carbons (Fsp3) is 0.438. The van der Waals surface area contributed by atoms with Gasteiger partial charge < -0.3 is 14.4 Å². The van der Waals surface area contributed by atoms with Crippen molar-refractivity contribution in [2.45, 2.75) is 18.9 Å². The maximum absolute atomic E-state index is 12.5. The van der Waals surface area contributed by atoms with E-state index in [1.807, 2.05) is 24.3 Å². The molecule has 3 amide bonds. The summed E-state index contributed by atoms with van der Waals surface area (Å²) in [5.74, 6) is 0.297. The highest BCUT2D eigenvalue weighted by Gasteiger charge is 2.41. The van der Waals surface area contributed by atoms with Gasteiger partial charge in [-0.15, -0.1) is 0 Å². The molecule has 0 spiro atoms. The van der Waals surface area contributed by atoms with E-state index in [0.717, 1.165) is 10.5 Å². The average Bonchev–Trinajstić information content (AvgIpc) is 3.14. The highest BCUT2D eigenvalue weighted by atomic mass is 16.6. The van der Waals surface area contributed by atoms with Crippen LogP contribution in [0.3, 0.4) is 0 Å². The number of para-hydroxylation sites is 1. The van der Waals surface area contributed by atoms with Crippen LogP contribution in [-0.2, 0) is 20.7 Å². The molecule has 2 fully saturated rings. The first kappa shape index (κ1) is 15.3. The Kier molecular flexibility index (Phi) is 4.18. The van der Waals surface area contributed by atoms with Crippen molar-refractivity contribution in [2.75, 3.05) is 26.8 Å². The van der Waals surface area contributed by atoms with Crippen molar-refractivity contribution in [3.8, 4) is 5.75 Å². The zero-order chi connectivity index (χ0) is 16.4. The topological polar surface area (TPSA) is 76.2 Å². The van der Waals surface area contributed by atoms with E-state index in [-0.39, 0.29) is 30.9 Å². The molecular weight excluding hydrogens is 300 g/mol. The van der Waals surface area contributed by atoms with E-state index in [2.05, 4.69) is 0 Å². The Hall–Kier alpha value is -2.57. The molecule has 0 saturated carbocycles. The van der Waals surface area contributed by atoms with Gasteiger partial charge >= 0.3 is 6.09 Å². The molecule has 3 rings (SSSR count). The lowest BCUT2D eigenvalue weighted by Gasteiger charge is -2.20. The number of nitrogens with zero attached hydrogens (tertiary/aromatic N) is 2. The molecule has 7 heteroatoms. The predicted molar refractivity (Wildman–Crippen MR) is 79.9 cm³/mol. The number of hydrogen-bond acceptors (Lipinski definition) is 5. The highest BCUT2D eigenvalue weighted by Crippen LogP contribution is 2.23. The van der Waals surface area contributed by atoms with Crippen molar-refractivity contribution < 1.29 is 23.9 Å². The summed E-state index contributed by atoms with van der Waals surface area (Å²) < 4.78 is 9.98. The number of benzene rings is 1. The van der Waals surface area contributed by atoms with Crippen molar-refractivity contribution in [3.63, 3.8) is 0 Å². The second-order valence-electron chi connectivity index (χ2n) is 5.59. The van der Waals surface area contributed by atoms with Gasteiger partial charge in [0.05, 0.1) is 19.6 Å². The van der Waals surface area contributed by atoms with E-state index in [9.17, 15) is 14.4 Å². The first-order valence-electron chi connectivity index (χ1n) is 7.48. The minimum atomic E-state index is -0.612. The Morgan fingerprint density at radius 1 is 1.35 bits per heavy atom. The Morgan fingerprint density at radius 2 is 2.13 bits per heavy atom. The minimum Gasteiger partial charge on any atom is -0.496 e. The third-order valence-electron chi connectivity index (χ3n) is 4.20. The fourth-order valence-corrected chi connectivity index (χ4v) is 3.02. The van der Waals surface area contributed by atoms with Gasteiger partial charge in [-0.3, -0.25) is 9.59 Å². The standard InChI is InChI=1S/C16H18N2O5/c1-22-13-5-3-2-4-11(13)8-14(19)17-7-6-12(9-17)18-15(20)10-23-16(18)21/h2-5,12H,6-10H2,1H3. The molecule has 1 atom stereocenters. The largest absolute Gasteiger partial charge is 0.496 e. The quantitative estimate of drug-likeness (QED) is 0.821. The molecule has 7 nitrogen and oxygen atoms in total. The summed E-state index contributed by atoms with van der Waals surface area (Å²) in [4.78, 5) is 38.5. The van der Waals surface area contributed by atoms with Crippen molar-refractivity contribution in [2.24, 2.45) is 0 Å². The summed E-state index contributed by atoms with van der Waals surface area (Å²) in [5, 5.41) is 0. The van der Waals surface area contributed by atoms with Gasteiger partial charge in [-0.05, 0) is 12.5 Å². The van der Waals surface area contributed by atoms with Crippen LogP contribution in [0.4, 0.5) is 4.79 Å². The molecule has 23 heavy (non-hydrogen) atoms. The third kappa shape index (κ3) is 2.99. The lowest BCUT2D eigenvalue weighted by Crippen LogP contribution is -2.42. The summed E-state index contributed by atoms with van der Waals surface area (Å²) in [5.41, 5.74) is 0.820. The molecular formula is C16H18N2O5. The van der Waals surface area contributed by atoms with Crippen LogP contribution in [0.5, 0.6) is 5.75 Å². The lowest BCUT2D eigenvalue weighted by molar-refractivity contribution is -0.131. The highest BCUT2D eigenvalue weighted by molar-refractivity contribution is 5.98. The Balaban J connectivity index is 1.63. The first-order chi connectivity index (χ1) is 11.1. The molecule has 1 unspecified atom stereocenters. The number of imide groups is 1. The number of methoxy groups -OCH3 is 1. The summed E-state index contributed by atoms with van der Waals surface area (Å²) in [6.07, 6.45) is 0.201. The Bertz CT molecular complexity index is 629. The molecule has 122 valence electrons. The normalized spacial score (nSPS) is 20.8. The smallest absolute Gasteiger partial charge is 0.417 e. The van der Waals surface area contributed by atoms with Crippen molar-refractivity contribution in [3.05, 3.63) is 29.8 Å². The van der Waals surface area contributed by atoms with Gasteiger partial charge in [-0.2, -0.15) is 0 Å². The van der Waals surface area contributed by atoms with Crippen LogP contribution in [0.2, 0.25) is 0 Å². The number of carbonyl (C=O) groups is 3. The molecule has 0 aromatic heterocycles. The second-order valence-corrected chi connectivity index (χ2v) is 5.59. The van der Waals surface area contributed by atoms with Gasteiger partial charge in [-0.25, -0.2) is 9.69 Å². The van der Waals surface area contributed by atoms with Crippen molar-refractivity contribution >= 4 is 17.9 Å². The summed E-state index contributed by atoms with van der Waals surface area (Å²) in [6, 6.07) is 7.08. The summed E-state index contributed by atoms with van der Waals surface area (Å²) in [6.45, 7) is 0.676. The zero-order valence-electron chi connectivity index (χ0n) is 12.9. The summed E-state index contributed by atoms with van der Waals surface area (Å²) in [7, 11) is 1.57. The van der Waals surface area contributed by atoms with Gasteiger partial charge in [0.25, 0.3) is 5.91 Å². The van der Waals surface area contributed by atoms with Crippen LogP contribution in [0.25, 0.3) is 0 Å². The number of likely N-dealkylation sites (tertiary alicyclic amines) is 1. The molecule has 0 aliphatic carbocycles. The van der Waals surface area contributed by atoms with Gasteiger partial charge in [0, 0.05) is 18.7 Å². The van der Waals surface area contributed by atoms with Gasteiger partial charge in [0.1, 0.15) is 5.75 Å². The third-order valence-corrected chi connectivity index (χ3v) is 4.20. The van der Waals surface area contributed by atoms with Crippen molar-refractivity contribution in [1.29, 1.82) is 0 Å². The zero-order valence-corrected chi connectivity index (χ0v) is 12.9. The number of cyclic esters (lactones) is 1. The van der Waals surface area contributed by atoms with E-state index in [1.54, 1.807) is 12.0 Å².